The molecule has 0 unspecified atom stereocenters. The first-order valence-electron chi connectivity index (χ1n) is 6.91. The molecule has 2 rings (SSSR count). The van der Waals surface area contributed by atoms with Crippen molar-refractivity contribution in [3.63, 3.8) is 0 Å². The fourth-order valence-electron chi connectivity index (χ4n) is 2.19. The molecule has 1 aliphatic heterocycles. The third-order valence-electron chi connectivity index (χ3n) is 3.20. The van der Waals surface area contributed by atoms with Crippen molar-refractivity contribution in [1.29, 1.82) is 0 Å². The van der Waals surface area contributed by atoms with Crippen LogP contribution >= 0.6 is 15.9 Å². The molecule has 5 heteroatoms. The van der Waals surface area contributed by atoms with Crippen molar-refractivity contribution in [1.82, 2.24) is 4.90 Å². The first-order chi connectivity index (χ1) is 10.2. The Balaban J connectivity index is 0.00000242. The summed E-state index contributed by atoms with van der Waals surface area (Å²) in [6.45, 7) is 4.78. The van der Waals surface area contributed by atoms with Crippen molar-refractivity contribution in [2.45, 2.75) is 26.7 Å². The van der Waals surface area contributed by atoms with E-state index in [1.54, 1.807) is 11.8 Å². The normalized spacial score (nSPS) is 13.7. The van der Waals surface area contributed by atoms with Gasteiger partial charge < -0.3 is 9.64 Å². The molecular weight excluding hydrogens is 419 g/mol. The minimum atomic E-state index is 0. The number of rotatable bonds is 4. The quantitative estimate of drug-likeness (QED) is 0.533. The summed E-state index contributed by atoms with van der Waals surface area (Å²) in [7, 11) is 0. The van der Waals surface area contributed by atoms with Crippen LogP contribution in [0.15, 0.2) is 22.7 Å². The van der Waals surface area contributed by atoms with Crippen molar-refractivity contribution in [2.75, 3.05) is 13.2 Å². The molecule has 1 amide bonds. The fourth-order valence-corrected chi connectivity index (χ4v) is 2.73. The maximum atomic E-state index is 12.0. The summed E-state index contributed by atoms with van der Waals surface area (Å²) in [4.78, 5) is 13.7. The van der Waals surface area contributed by atoms with Gasteiger partial charge in [-0.3, -0.25) is 4.79 Å². The number of benzene rings is 1. The summed E-state index contributed by atoms with van der Waals surface area (Å²) in [6.07, 6.45) is 4.51. The van der Waals surface area contributed by atoms with Gasteiger partial charge in [0.15, 0.2) is 0 Å². The van der Waals surface area contributed by atoms with E-state index in [1.807, 2.05) is 25.1 Å². The molecule has 0 aromatic heterocycles. The standard InChI is InChI=1S/C17H17BrNO2.Y/c1-3-5-11-21-13-9-10-14(15(18)12-13)16-7-6-8-17(20)19(16)4-2;/h9-10,12H,4,6,8,11H2,1-2H3;/q-1;. The Morgan fingerprint density at radius 1 is 1.45 bits per heavy atom. The fraction of sp³-hybridized carbons (Fsp3) is 0.353. The molecule has 0 aliphatic carbocycles. The maximum absolute atomic E-state index is 12.0. The molecule has 1 heterocycles. The van der Waals surface area contributed by atoms with Gasteiger partial charge >= 0.3 is 0 Å². The molecule has 0 saturated heterocycles. The first kappa shape index (κ1) is 19.4. The van der Waals surface area contributed by atoms with E-state index in [1.165, 1.54) is 0 Å². The first-order valence-corrected chi connectivity index (χ1v) is 7.70. The molecule has 113 valence electrons. The van der Waals surface area contributed by atoms with Crippen molar-refractivity contribution in [3.8, 4) is 17.6 Å². The maximum Gasteiger partial charge on any atom is 0.223 e. The summed E-state index contributed by atoms with van der Waals surface area (Å²) >= 11 is 3.55. The van der Waals surface area contributed by atoms with Gasteiger partial charge in [0.05, 0.1) is 0 Å². The molecule has 1 aromatic carbocycles. The van der Waals surface area contributed by atoms with Crippen LogP contribution in [0.4, 0.5) is 0 Å². The summed E-state index contributed by atoms with van der Waals surface area (Å²) in [6, 6.07) is 5.73. The second-order valence-electron chi connectivity index (χ2n) is 4.52. The number of allylic oxidation sites excluding steroid dienone is 1. The zero-order valence-electron chi connectivity index (χ0n) is 12.8. The minimum absolute atomic E-state index is 0. The summed E-state index contributed by atoms with van der Waals surface area (Å²) in [5.41, 5.74) is 1.80. The smallest absolute Gasteiger partial charge is 0.223 e. The van der Waals surface area contributed by atoms with Crippen LogP contribution in [-0.4, -0.2) is 24.0 Å². The van der Waals surface area contributed by atoms with Gasteiger partial charge in [0.2, 0.25) is 5.91 Å². The van der Waals surface area contributed by atoms with Crippen LogP contribution in [0.25, 0.3) is 5.70 Å². The number of carbonyl (C=O) groups is 1. The summed E-state index contributed by atoms with van der Waals surface area (Å²) < 4.78 is 6.42. The number of hydrogen-bond donors (Lipinski definition) is 0. The number of hydrogen-bond acceptors (Lipinski definition) is 2. The molecule has 0 bridgehead atoms. The third kappa shape index (κ3) is 4.68. The predicted molar refractivity (Wildman–Crippen MR) is 86.4 cm³/mol. The molecule has 0 saturated carbocycles. The topological polar surface area (TPSA) is 29.5 Å². The molecule has 0 atom stereocenters. The van der Waals surface area contributed by atoms with Crippen molar-refractivity contribution < 1.29 is 42.2 Å². The van der Waals surface area contributed by atoms with Crippen molar-refractivity contribution in [2.24, 2.45) is 0 Å². The van der Waals surface area contributed by atoms with E-state index >= 15 is 0 Å². The largest absolute Gasteiger partial charge is 0.481 e. The SMILES string of the molecule is CC#CCOc1ccc(C2=[C-]CCC(=O)N2CC)c(Br)c1.[Y]. The van der Waals surface area contributed by atoms with Gasteiger partial charge in [0.25, 0.3) is 0 Å². The molecule has 1 aromatic rings. The second kappa shape index (κ2) is 9.50. The Bertz CT molecular complexity index is 631. The monoisotopic (exact) mass is 435 g/mol. The minimum Gasteiger partial charge on any atom is -0.481 e. The van der Waals surface area contributed by atoms with E-state index in [-0.39, 0.29) is 38.6 Å². The Kier molecular flexibility index (Phi) is 8.39. The van der Waals surface area contributed by atoms with Gasteiger partial charge in [0.1, 0.15) is 12.4 Å². The number of halogens is 1. The zero-order valence-corrected chi connectivity index (χ0v) is 17.2. The molecular formula is C17H17BrNO2Y-. The van der Waals surface area contributed by atoms with Crippen LogP contribution in [0, 0.1) is 17.9 Å². The molecule has 0 spiro atoms. The van der Waals surface area contributed by atoms with Crippen LogP contribution in [-0.2, 0) is 37.5 Å². The number of amides is 1. The van der Waals surface area contributed by atoms with Gasteiger partial charge in [-0.05, 0) is 26.0 Å². The van der Waals surface area contributed by atoms with E-state index in [2.05, 4.69) is 33.8 Å². The van der Waals surface area contributed by atoms with Crippen LogP contribution in [0.2, 0.25) is 0 Å². The number of ether oxygens (including phenoxy) is 1. The van der Waals surface area contributed by atoms with Crippen LogP contribution in [0.1, 0.15) is 32.3 Å². The van der Waals surface area contributed by atoms with Gasteiger partial charge in [-0.25, -0.2) is 6.08 Å². The summed E-state index contributed by atoms with van der Waals surface area (Å²) in [5, 5.41) is 0. The Labute approximate surface area is 165 Å². The van der Waals surface area contributed by atoms with Crippen molar-refractivity contribution in [3.05, 3.63) is 34.3 Å². The number of carbonyl (C=O) groups excluding carboxylic acids is 1. The van der Waals surface area contributed by atoms with E-state index in [0.29, 0.717) is 26.0 Å². The van der Waals surface area contributed by atoms with E-state index in [9.17, 15) is 4.79 Å². The summed E-state index contributed by atoms with van der Waals surface area (Å²) in [5.74, 6) is 6.55. The van der Waals surface area contributed by atoms with Crippen LogP contribution in [0.5, 0.6) is 5.75 Å². The molecule has 0 fully saturated rings. The Morgan fingerprint density at radius 2 is 2.23 bits per heavy atom. The average Bonchev–Trinajstić information content (AvgIpc) is 2.47. The molecule has 1 aliphatic rings. The molecule has 22 heavy (non-hydrogen) atoms. The van der Waals surface area contributed by atoms with Gasteiger partial charge in [-0.1, -0.05) is 26.3 Å². The number of nitrogens with zero attached hydrogens (tertiary/aromatic N) is 1. The average molecular weight is 436 g/mol. The Morgan fingerprint density at radius 3 is 2.86 bits per heavy atom. The van der Waals surface area contributed by atoms with Gasteiger partial charge in [-0.15, -0.1) is 29.7 Å². The molecule has 0 N–H and O–H groups in total. The van der Waals surface area contributed by atoms with Gasteiger partial charge in [0, 0.05) is 45.7 Å². The third-order valence-corrected chi connectivity index (χ3v) is 3.86. The second-order valence-corrected chi connectivity index (χ2v) is 5.37. The van der Waals surface area contributed by atoms with Crippen molar-refractivity contribution >= 4 is 27.5 Å². The van der Waals surface area contributed by atoms with E-state index in [0.717, 1.165) is 21.5 Å². The van der Waals surface area contributed by atoms with E-state index < -0.39 is 0 Å². The Hall–Kier alpha value is -0.626. The van der Waals surface area contributed by atoms with Gasteiger partial charge in [-0.2, -0.15) is 0 Å². The van der Waals surface area contributed by atoms with Crippen LogP contribution in [0.3, 0.4) is 0 Å². The van der Waals surface area contributed by atoms with Crippen LogP contribution < -0.4 is 4.74 Å². The zero-order chi connectivity index (χ0) is 15.2. The van der Waals surface area contributed by atoms with E-state index in [4.69, 9.17) is 4.74 Å². The molecule has 3 nitrogen and oxygen atoms in total. The molecule has 1 radical (unpaired) electrons. The predicted octanol–water partition coefficient (Wildman–Crippen LogP) is 3.64.